The number of amides is 1. The zero-order chi connectivity index (χ0) is 17.6. The number of carbonyl (C=O) groups is 1. The molecule has 0 radical (unpaired) electrons. The largest absolute Gasteiger partial charge is 0.385 e. The van der Waals surface area contributed by atoms with Crippen LogP contribution in [0.2, 0.25) is 0 Å². The van der Waals surface area contributed by atoms with E-state index in [1.165, 1.54) is 6.07 Å². The summed E-state index contributed by atoms with van der Waals surface area (Å²) in [5, 5.41) is 3.78. The van der Waals surface area contributed by atoms with E-state index in [2.05, 4.69) is 15.2 Å². The van der Waals surface area contributed by atoms with Crippen LogP contribution in [-0.2, 0) is 4.74 Å². The molecule has 2 heterocycles. The quantitative estimate of drug-likeness (QED) is 0.749. The average Bonchev–Trinajstić information content (AvgIpc) is 3.07. The summed E-state index contributed by atoms with van der Waals surface area (Å²) in [5.41, 5.74) is 0.869. The maximum absolute atomic E-state index is 12.6. The number of hydrogen-bond donors (Lipinski definition) is 2. The molecule has 134 valence electrons. The lowest BCUT2D eigenvalue weighted by Gasteiger charge is -2.16. The fourth-order valence-corrected chi connectivity index (χ4v) is 3.44. The van der Waals surface area contributed by atoms with Gasteiger partial charge in [0.25, 0.3) is 5.91 Å². The Morgan fingerprint density at radius 2 is 2.24 bits per heavy atom. The van der Waals surface area contributed by atoms with Crippen molar-refractivity contribution in [3.05, 3.63) is 46.2 Å². The SMILES string of the molecule is COCCCN1CC[C@@H](CNC(=O)c2cc(=O)[nH]c3ccccc23)C1. The molecule has 1 aliphatic rings. The van der Waals surface area contributed by atoms with Gasteiger partial charge in [-0.1, -0.05) is 18.2 Å². The lowest BCUT2D eigenvalue weighted by molar-refractivity contribution is 0.0948. The van der Waals surface area contributed by atoms with E-state index in [-0.39, 0.29) is 11.5 Å². The van der Waals surface area contributed by atoms with Crippen molar-refractivity contribution in [3.8, 4) is 0 Å². The van der Waals surface area contributed by atoms with Gasteiger partial charge in [0.2, 0.25) is 5.56 Å². The van der Waals surface area contributed by atoms with Gasteiger partial charge in [-0.25, -0.2) is 0 Å². The topological polar surface area (TPSA) is 74.4 Å². The highest BCUT2D eigenvalue weighted by molar-refractivity contribution is 6.05. The summed E-state index contributed by atoms with van der Waals surface area (Å²) in [7, 11) is 1.72. The highest BCUT2D eigenvalue weighted by Gasteiger charge is 2.23. The van der Waals surface area contributed by atoms with Gasteiger partial charge in [0.15, 0.2) is 0 Å². The molecule has 6 heteroatoms. The first-order valence-electron chi connectivity index (χ1n) is 8.79. The molecule has 0 unspecified atom stereocenters. The molecule has 1 aromatic heterocycles. The lowest BCUT2D eigenvalue weighted by atomic mass is 10.1. The Bertz CT molecular complexity index is 787. The second-order valence-electron chi connectivity index (χ2n) is 6.60. The van der Waals surface area contributed by atoms with Crippen molar-refractivity contribution in [1.29, 1.82) is 0 Å². The number of aromatic nitrogens is 1. The highest BCUT2D eigenvalue weighted by Crippen LogP contribution is 2.17. The maximum Gasteiger partial charge on any atom is 0.252 e. The maximum atomic E-state index is 12.6. The van der Waals surface area contributed by atoms with Crippen molar-refractivity contribution in [2.45, 2.75) is 12.8 Å². The van der Waals surface area contributed by atoms with Crippen LogP contribution in [0.1, 0.15) is 23.2 Å². The normalized spacial score (nSPS) is 17.9. The van der Waals surface area contributed by atoms with Gasteiger partial charge < -0.3 is 19.9 Å². The zero-order valence-corrected chi connectivity index (χ0v) is 14.6. The van der Waals surface area contributed by atoms with Gasteiger partial charge in [-0.15, -0.1) is 0 Å². The van der Waals surface area contributed by atoms with Crippen LogP contribution in [0.4, 0.5) is 0 Å². The van der Waals surface area contributed by atoms with Gasteiger partial charge in [-0.2, -0.15) is 0 Å². The van der Waals surface area contributed by atoms with Crippen LogP contribution in [0, 0.1) is 5.92 Å². The molecule has 1 fully saturated rings. The molecule has 2 N–H and O–H groups in total. The van der Waals surface area contributed by atoms with Crippen molar-refractivity contribution in [2.24, 2.45) is 5.92 Å². The Balaban J connectivity index is 1.58. The van der Waals surface area contributed by atoms with E-state index in [0.717, 1.165) is 44.5 Å². The lowest BCUT2D eigenvalue weighted by Crippen LogP contribution is -2.32. The predicted octanol–water partition coefficient (Wildman–Crippen LogP) is 1.62. The van der Waals surface area contributed by atoms with E-state index in [4.69, 9.17) is 4.74 Å². The summed E-state index contributed by atoms with van der Waals surface area (Å²) in [5.74, 6) is 0.278. The number of carbonyl (C=O) groups excluding carboxylic acids is 1. The molecular weight excluding hydrogens is 318 g/mol. The van der Waals surface area contributed by atoms with Crippen molar-refractivity contribution in [1.82, 2.24) is 15.2 Å². The van der Waals surface area contributed by atoms with Crippen LogP contribution >= 0.6 is 0 Å². The van der Waals surface area contributed by atoms with Crippen LogP contribution in [0.25, 0.3) is 10.9 Å². The van der Waals surface area contributed by atoms with E-state index in [9.17, 15) is 9.59 Å². The van der Waals surface area contributed by atoms with E-state index in [0.29, 0.717) is 23.5 Å². The number of nitrogens with zero attached hydrogens (tertiary/aromatic N) is 1. The number of hydrogen-bond acceptors (Lipinski definition) is 4. The number of fused-ring (bicyclic) bond motifs is 1. The molecule has 1 atom stereocenters. The average molecular weight is 343 g/mol. The standard InChI is InChI=1S/C19H25N3O3/c1-25-10-4-8-22-9-7-14(13-22)12-20-19(24)16-11-18(23)21-17-6-3-2-5-15(16)17/h2-3,5-6,11,14H,4,7-10,12-13H2,1H3,(H,20,24)(H,21,23)/t14-/m0/s1. The van der Waals surface area contributed by atoms with Gasteiger partial charge in [0, 0.05) is 50.3 Å². The molecule has 3 rings (SSSR count). The molecule has 0 spiro atoms. The van der Waals surface area contributed by atoms with Gasteiger partial charge in [0.1, 0.15) is 0 Å². The van der Waals surface area contributed by atoms with Crippen LogP contribution in [-0.4, -0.2) is 55.7 Å². The number of aromatic amines is 1. The molecular formula is C19H25N3O3. The Hall–Kier alpha value is -2.18. The van der Waals surface area contributed by atoms with E-state index >= 15 is 0 Å². The van der Waals surface area contributed by atoms with Crippen LogP contribution in [0.5, 0.6) is 0 Å². The molecule has 6 nitrogen and oxygen atoms in total. The summed E-state index contributed by atoms with van der Waals surface area (Å²) in [6.45, 7) is 4.53. The van der Waals surface area contributed by atoms with Crippen LogP contribution < -0.4 is 10.9 Å². The van der Waals surface area contributed by atoms with Crippen molar-refractivity contribution < 1.29 is 9.53 Å². The first kappa shape index (κ1) is 17.6. The number of nitrogens with one attached hydrogen (secondary N) is 2. The van der Waals surface area contributed by atoms with Crippen LogP contribution in [0.3, 0.4) is 0 Å². The Labute approximate surface area is 147 Å². The molecule has 1 saturated heterocycles. The van der Waals surface area contributed by atoms with E-state index < -0.39 is 0 Å². The molecule has 1 aliphatic heterocycles. The van der Waals surface area contributed by atoms with Gasteiger partial charge in [0.05, 0.1) is 5.56 Å². The number of benzene rings is 1. The smallest absolute Gasteiger partial charge is 0.252 e. The second kappa shape index (κ2) is 8.27. The monoisotopic (exact) mass is 343 g/mol. The minimum absolute atomic E-state index is 0.180. The first-order valence-corrected chi connectivity index (χ1v) is 8.79. The Kier molecular flexibility index (Phi) is 5.83. The third-order valence-electron chi connectivity index (χ3n) is 4.74. The summed E-state index contributed by atoms with van der Waals surface area (Å²) in [6.07, 6.45) is 2.12. The summed E-state index contributed by atoms with van der Waals surface area (Å²) >= 11 is 0. The molecule has 1 aromatic carbocycles. The second-order valence-corrected chi connectivity index (χ2v) is 6.60. The van der Waals surface area contributed by atoms with Crippen molar-refractivity contribution >= 4 is 16.8 Å². The molecule has 0 saturated carbocycles. The number of likely N-dealkylation sites (tertiary alicyclic amines) is 1. The molecule has 1 amide bonds. The Morgan fingerprint density at radius 3 is 3.08 bits per heavy atom. The first-order chi connectivity index (χ1) is 12.2. The molecule has 0 bridgehead atoms. The molecule has 0 aliphatic carbocycles. The fourth-order valence-electron chi connectivity index (χ4n) is 3.44. The summed E-state index contributed by atoms with van der Waals surface area (Å²) in [6, 6.07) is 8.75. The summed E-state index contributed by atoms with van der Waals surface area (Å²) < 4.78 is 5.09. The highest BCUT2D eigenvalue weighted by atomic mass is 16.5. The van der Waals surface area contributed by atoms with E-state index in [1.54, 1.807) is 7.11 Å². The van der Waals surface area contributed by atoms with Gasteiger partial charge in [-0.05, 0) is 31.4 Å². The number of pyridine rings is 1. The third-order valence-corrected chi connectivity index (χ3v) is 4.74. The van der Waals surface area contributed by atoms with Crippen molar-refractivity contribution in [2.75, 3.05) is 39.9 Å². The fraction of sp³-hybridized carbons (Fsp3) is 0.474. The number of methoxy groups -OCH3 is 1. The number of para-hydroxylation sites is 1. The summed E-state index contributed by atoms with van der Waals surface area (Å²) in [4.78, 5) is 29.5. The minimum atomic E-state index is -0.256. The predicted molar refractivity (Wildman–Crippen MR) is 97.9 cm³/mol. The number of H-pyrrole nitrogens is 1. The molecule has 25 heavy (non-hydrogen) atoms. The van der Waals surface area contributed by atoms with E-state index in [1.807, 2.05) is 24.3 Å². The molecule has 2 aromatic rings. The van der Waals surface area contributed by atoms with Gasteiger partial charge in [-0.3, -0.25) is 9.59 Å². The zero-order valence-electron chi connectivity index (χ0n) is 14.6. The Morgan fingerprint density at radius 1 is 1.40 bits per heavy atom. The van der Waals surface area contributed by atoms with Crippen LogP contribution in [0.15, 0.2) is 35.1 Å². The number of ether oxygens (including phenoxy) is 1. The van der Waals surface area contributed by atoms with Gasteiger partial charge >= 0.3 is 0 Å². The minimum Gasteiger partial charge on any atom is -0.385 e. The number of rotatable bonds is 7. The third kappa shape index (κ3) is 4.46. The van der Waals surface area contributed by atoms with Crippen molar-refractivity contribution in [3.63, 3.8) is 0 Å².